The first-order chi connectivity index (χ1) is 10.9. The van der Waals surface area contributed by atoms with E-state index in [1.807, 2.05) is 6.92 Å². The normalized spacial score (nSPS) is 10.4. The molecule has 0 saturated carbocycles. The summed E-state index contributed by atoms with van der Waals surface area (Å²) in [6, 6.07) is 6.17. The number of halogens is 1. The van der Waals surface area contributed by atoms with Gasteiger partial charge in [-0.15, -0.1) is 0 Å². The zero-order valence-electron chi connectivity index (χ0n) is 12.7. The first-order valence-electron chi connectivity index (χ1n) is 6.99. The Kier molecular flexibility index (Phi) is 5.28. The van der Waals surface area contributed by atoms with Gasteiger partial charge in [0.1, 0.15) is 5.75 Å². The van der Waals surface area contributed by atoms with Crippen molar-refractivity contribution < 1.29 is 23.8 Å². The summed E-state index contributed by atoms with van der Waals surface area (Å²) in [5, 5.41) is 12.0. The number of carboxylic acids is 1. The molecule has 2 aromatic rings. The van der Waals surface area contributed by atoms with Gasteiger partial charge >= 0.3 is 5.97 Å². The molecule has 2 N–H and O–H groups in total. The number of benzene rings is 1. The Balaban J connectivity index is 2.26. The summed E-state index contributed by atoms with van der Waals surface area (Å²) in [6.07, 6.45) is 0.815. The number of furan rings is 1. The Hall–Kier alpha value is -2.47. The van der Waals surface area contributed by atoms with Crippen molar-refractivity contribution in [2.45, 2.75) is 20.3 Å². The van der Waals surface area contributed by atoms with E-state index < -0.39 is 11.9 Å². The van der Waals surface area contributed by atoms with Crippen LogP contribution in [-0.2, 0) is 0 Å². The third kappa shape index (κ3) is 4.04. The van der Waals surface area contributed by atoms with Gasteiger partial charge in [0.25, 0.3) is 5.91 Å². The van der Waals surface area contributed by atoms with Crippen LogP contribution in [0.4, 0.5) is 5.69 Å². The van der Waals surface area contributed by atoms with Crippen molar-refractivity contribution in [2.75, 3.05) is 11.9 Å². The van der Waals surface area contributed by atoms with Gasteiger partial charge in [0.2, 0.25) is 5.76 Å². The largest absolute Gasteiger partial charge is 0.491 e. The molecule has 2 rings (SSSR count). The standard InChI is InChI=1S/C16H16ClNO5/c1-3-6-22-12-5-4-10(17)8-11(12)18-15(19)14-9(2)7-13(23-14)16(20)21/h4-5,7-8H,3,6H2,1-2H3,(H,18,19)(H,20,21). The van der Waals surface area contributed by atoms with Crippen molar-refractivity contribution in [1.82, 2.24) is 0 Å². The molecule has 0 atom stereocenters. The highest BCUT2D eigenvalue weighted by Gasteiger charge is 2.20. The molecule has 0 bridgehead atoms. The second-order valence-electron chi connectivity index (χ2n) is 4.87. The second-order valence-corrected chi connectivity index (χ2v) is 5.31. The van der Waals surface area contributed by atoms with Crippen LogP contribution in [0.3, 0.4) is 0 Å². The summed E-state index contributed by atoms with van der Waals surface area (Å²) in [5.41, 5.74) is 0.821. The van der Waals surface area contributed by atoms with E-state index in [1.54, 1.807) is 25.1 Å². The molecule has 0 aliphatic carbocycles. The van der Waals surface area contributed by atoms with Crippen LogP contribution in [0, 0.1) is 6.92 Å². The molecule has 23 heavy (non-hydrogen) atoms. The van der Waals surface area contributed by atoms with Crippen molar-refractivity contribution in [2.24, 2.45) is 0 Å². The minimum absolute atomic E-state index is 0.0659. The molecule has 1 aromatic carbocycles. The molecular weight excluding hydrogens is 322 g/mol. The van der Waals surface area contributed by atoms with Gasteiger partial charge in [-0.25, -0.2) is 4.79 Å². The number of rotatable bonds is 6. The zero-order valence-corrected chi connectivity index (χ0v) is 13.4. The highest BCUT2D eigenvalue weighted by atomic mass is 35.5. The number of carboxylic acid groups (broad SMARTS) is 1. The maximum atomic E-state index is 12.3. The van der Waals surface area contributed by atoms with Gasteiger partial charge in [-0.3, -0.25) is 4.79 Å². The molecule has 0 spiro atoms. The van der Waals surface area contributed by atoms with Crippen LogP contribution < -0.4 is 10.1 Å². The van der Waals surface area contributed by atoms with Gasteiger partial charge in [0, 0.05) is 10.6 Å². The lowest BCUT2D eigenvalue weighted by molar-refractivity contribution is 0.0660. The molecule has 0 unspecified atom stereocenters. The molecule has 1 amide bonds. The van der Waals surface area contributed by atoms with Gasteiger partial charge in [-0.1, -0.05) is 18.5 Å². The number of hydrogen-bond acceptors (Lipinski definition) is 4. The van der Waals surface area contributed by atoms with E-state index in [9.17, 15) is 9.59 Å². The molecular formula is C16H16ClNO5. The van der Waals surface area contributed by atoms with Gasteiger partial charge in [0.05, 0.1) is 12.3 Å². The average molecular weight is 338 g/mol. The van der Waals surface area contributed by atoms with Crippen LogP contribution in [0.5, 0.6) is 5.75 Å². The number of aromatic carboxylic acids is 1. The summed E-state index contributed by atoms with van der Waals surface area (Å²) in [5.74, 6) is -1.68. The molecule has 7 heteroatoms. The minimum Gasteiger partial charge on any atom is -0.491 e. The van der Waals surface area contributed by atoms with Gasteiger partial charge in [-0.2, -0.15) is 0 Å². The van der Waals surface area contributed by atoms with Crippen LogP contribution in [-0.4, -0.2) is 23.6 Å². The monoisotopic (exact) mass is 337 g/mol. The Morgan fingerprint density at radius 3 is 2.70 bits per heavy atom. The highest BCUT2D eigenvalue weighted by Crippen LogP contribution is 2.29. The predicted molar refractivity (Wildman–Crippen MR) is 85.6 cm³/mol. The third-order valence-corrected chi connectivity index (χ3v) is 3.22. The van der Waals surface area contributed by atoms with Crippen molar-refractivity contribution in [1.29, 1.82) is 0 Å². The molecule has 0 aliphatic heterocycles. The van der Waals surface area contributed by atoms with E-state index in [1.165, 1.54) is 6.07 Å². The quantitative estimate of drug-likeness (QED) is 0.832. The Labute approximate surface area is 138 Å². The maximum Gasteiger partial charge on any atom is 0.371 e. The number of carbonyl (C=O) groups is 2. The van der Waals surface area contributed by atoms with Crippen LogP contribution in [0.15, 0.2) is 28.7 Å². The lowest BCUT2D eigenvalue weighted by atomic mass is 10.2. The van der Waals surface area contributed by atoms with E-state index in [-0.39, 0.29) is 11.5 Å². The fourth-order valence-electron chi connectivity index (χ4n) is 1.93. The number of anilines is 1. The van der Waals surface area contributed by atoms with Crippen molar-refractivity contribution in [3.8, 4) is 5.75 Å². The first kappa shape index (κ1) is 16.9. The van der Waals surface area contributed by atoms with Crippen LogP contribution in [0.2, 0.25) is 5.02 Å². The van der Waals surface area contributed by atoms with E-state index >= 15 is 0 Å². The number of amides is 1. The lowest BCUT2D eigenvalue weighted by Crippen LogP contribution is -2.13. The molecule has 1 heterocycles. The number of hydrogen-bond donors (Lipinski definition) is 2. The lowest BCUT2D eigenvalue weighted by Gasteiger charge is -2.12. The molecule has 0 saturated heterocycles. The SMILES string of the molecule is CCCOc1ccc(Cl)cc1NC(=O)c1oc(C(=O)O)cc1C. The molecule has 122 valence electrons. The van der Waals surface area contributed by atoms with E-state index in [0.717, 1.165) is 6.42 Å². The van der Waals surface area contributed by atoms with Crippen molar-refractivity contribution >= 4 is 29.2 Å². The van der Waals surface area contributed by atoms with E-state index in [2.05, 4.69) is 5.32 Å². The average Bonchev–Trinajstić information content (AvgIpc) is 2.89. The highest BCUT2D eigenvalue weighted by molar-refractivity contribution is 6.31. The number of ether oxygens (including phenoxy) is 1. The summed E-state index contributed by atoms with van der Waals surface area (Å²) < 4.78 is 10.6. The molecule has 0 aliphatic rings. The Morgan fingerprint density at radius 2 is 2.09 bits per heavy atom. The topological polar surface area (TPSA) is 88.8 Å². The van der Waals surface area contributed by atoms with Crippen LogP contribution >= 0.6 is 11.6 Å². The van der Waals surface area contributed by atoms with Crippen LogP contribution in [0.1, 0.15) is 40.0 Å². The molecule has 0 fully saturated rings. The number of nitrogens with one attached hydrogen (secondary N) is 1. The molecule has 0 radical (unpaired) electrons. The van der Waals surface area contributed by atoms with Crippen LogP contribution in [0.25, 0.3) is 0 Å². The summed E-state index contributed by atoms with van der Waals surface area (Å²) >= 11 is 5.95. The predicted octanol–water partition coefficient (Wildman–Crippen LogP) is 3.98. The third-order valence-electron chi connectivity index (χ3n) is 2.99. The molecule has 1 aromatic heterocycles. The van der Waals surface area contributed by atoms with Gasteiger partial charge < -0.3 is 19.6 Å². The Bertz CT molecular complexity index is 738. The number of carbonyl (C=O) groups excluding carboxylic acids is 1. The van der Waals surface area contributed by atoms with Gasteiger partial charge in [-0.05, 0) is 37.6 Å². The second kappa shape index (κ2) is 7.19. The summed E-state index contributed by atoms with van der Waals surface area (Å²) in [6.45, 7) is 4.05. The van der Waals surface area contributed by atoms with E-state index in [4.69, 9.17) is 25.9 Å². The molecule has 6 nitrogen and oxygen atoms in total. The first-order valence-corrected chi connectivity index (χ1v) is 7.37. The summed E-state index contributed by atoms with van der Waals surface area (Å²) in [4.78, 5) is 23.2. The van der Waals surface area contributed by atoms with Crippen molar-refractivity contribution in [3.05, 3.63) is 46.4 Å². The Morgan fingerprint density at radius 1 is 1.35 bits per heavy atom. The zero-order chi connectivity index (χ0) is 17.0. The van der Waals surface area contributed by atoms with Crippen molar-refractivity contribution in [3.63, 3.8) is 0 Å². The smallest absolute Gasteiger partial charge is 0.371 e. The minimum atomic E-state index is -1.23. The summed E-state index contributed by atoms with van der Waals surface area (Å²) in [7, 11) is 0. The fraction of sp³-hybridized carbons (Fsp3) is 0.250. The number of aryl methyl sites for hydroxylation is 1. The van der Waals surface area contributed by atoms with Gasteiger partial charge in [0.15, 0.2) is 5.76 Å². The fourth-order valence-corrected chi connectivity index (χ4v) is 2.10. The van der Waals surface area contributed by atoms with E-state index in [0.29, 0.717) is 28.6 Å². The maximum absolute atomic E-state index is 12.3.